The summed E-state index contributed by atoms with van der Waals surface area (Å²) in [5.41, 5.74) is 7.90. The number of aryl methyl sites for hydroxylation is 1. The summed E-state index contributed by atoms with van der Waals surface area (Å²) in [7, 11) is 0. The van der Waals surface area contributed by atoms with Crippen molar-refractivity contribution in [3.05, 3.63) is 130 Å². The minimum atomic E-state index is -0.789. The zero-order valence-electron chi connectivity index (χ0n) is 31.6. The van der Waals surface area contributed by atoms with E-state index in [0.29, 0.717) is 35.2 Å². The van der Waals surface area contributed by atoms with Gasteiger partial charge in [0.25, 0.3) is 5.91 Å². The fraction of sp³-hybridized carbons (Fsp3) is 0.302. The zero-order valence-corrected chi connectivity index (χ0v) is 31.6. The molecule has 4 rings (SSSR count). The van der Waals surface area contributed by atoms with Crippen LogP contribution in [0.1, 0.15) is 90.9 Å². The molecule has 54 heavy (non-hydrogen) atoms. The Morgan fingerprint density at radius 2 is 1.37 bits per heavy atom. The number of ether oxygens (including phenoxy) is 5. The van der Waals surface area contributed by atoms with Crippen LogP contribution in [0.4, 0.5) is 10.5 Å². The molecule has 284 valence electrons. The molecular formula is C43H48N2O9. The second-order valence-corrected chi connectivity index (χ2v) is 14.4. The number of carbonyl (C=O) groups excluding carboxylic acids is 4. The topological polar surface area (TPSA) is 152 Å². The molecule has 11 nitrogen and oxygen atoms in total. The highest BCUT2D eigenvalue weighted by Gasteiger charge is 2.22. The van der Waals surface area contributed by atoms with Crippen molar-refractivity contribution in [2.45, 2.75) is 78.8 Å². The van der Waals surface area contributed by atoms with Crippen molar-refractivity contribution >= 4 is 35.7 Å². The molecule has 0 aliphatic carbocycles. The van der Waals surface area contributed by atoms with Crippen LogP contribution >= 0.6 is 0 Å². The van der Waals surface area contributed by atoms with Gasteiger partial charge in [0.2, 0.25) is 0 Å². The van der Waals surface area contributed by atoms with Crippen LogP contribution in [0.5, 0.6) is 11.5 Å². The third-order valence-corrected chi connectivity index (χ3v) is 7.46. The first-order valence-corrected chi connectivity index (χ1v) is 17.6. The molecule has 3 N–H and O–H groups in total. The summed E-state index contributed by atoms with van der Waals surface area (Å²) in [4.78, 5) is 51.3. The van der Waals surface area contributed by atoms with Gasteiger partial charge in [-0.3, -0.25) is 10.1 Å². The van der Waals surface area contributed by atoms with E-state index in [1.165, 1.54) is 12.2 Å². The van der Waals surface area contributed by atoms with E-state index in [1.807, 2.05) is 60.7 Å². The van der Waals surface area contributed by atoms with Gasteiger partial charge in [0, 0.05) is 11.8 Å². The van der Waals surface area contributed by atoms with E-state index in [1.54, 1.807) is 71.9 Å². The molecule has 0 radical (unpaired) electrons. The number of anilines is 1. The predicted octanol–water partition coefficient (Wildman–Crippen LogP) is 8.44. The van der Waals surface area contributed by atoms with Gasteiger partial charge in [-0.25, -0.2) is 14.4 Å². The summed E-state index contributed by atoms with van der Waals surface area (Å²) in [5.74, 6) is -1.53. The van der Waals surface area contributed by atoms with E-state index in [0.717, 1.165) is 11.1 Å². The average molecular weight is 737 g/mol. The number of primary amides is 1. The van der Waals surface area contributed by atoms with Crippen molar-refractivity contribution in [1.82, 2.24) is 0 Å². The lowest BCUT2D eigenvalue weighted by Crippen LogP contribution is -2.27. The number of nitrogens with two attached hydrogens (primary N) is 1. The van der Waals surface area contributed by atoms with E-state index < -0.39 is 35.1 Å². The van der Waals surface area contributed by atoms with Crippen LogP contribution in [0.3, 0.4) is 0 Å². The average Bonchev–Trinajstić information content (AvgIpc) is 3.10. The van der Waals surface area contributed by atoms with E-state index in [4.69, 9.17) is 29.4 Å². The molecule has 0 saturated carbocycles. The van der Waals surface area contributed by atoms with Crippen LogP contribution in [-0.2, 0) is 38.6 Å². The number of benzene rings is 4. The molecule has 0 unspecified atom stereocenters. The predicted molar refractivity (Wildman–Crippen MR) is 206 cm³/mol. The molecule has 0 aromatic heterocycles. The molecule has 11 heteroatoms. The molecule has 0 atom stereocenters. The molecule has 0 spiro atoms. The quantitative estimate of drug-likeness (QED) is 0.0530. The van der Waals surface area contributed by atoms with Crippen molar-refractivity contribution in [1.29, 1.82) is 0 Å². The summed E-state index contributed by atoms with van der Waals surface area (Å²) < 4.78 is 28.8. The van der Waals surface area contributed by atoms with Gasteiger partial charge in [-0.1, -0.05) is 66.7 Å². The van der Waals surface area contributed by atoms with Crippen LogP contribution < -0.4 is 20.5 Å². The van der Waals surface area contributed by atoms with Crippen LogP contribution in [-0.4, -0.2) is 41.7 Å². The second kappa shape index (κ2) is 18.6. The summed E-state index contributed by atoms with van der Waals surface area (Å²) in [6.45, 7) is 10.9. The number of rotatable bonds is 15. The summed E-state index contributed by atoms with van der Waals surface area (Å²) in [6, 6.07) is 27.0. The summed E-state index contributed by atoms with van der Waals surface area (Å²) in [6.07, 6.45) is 2.71. The minimum absolute atomic E-state index is 0.0223. The van der Waals surface area contributed by atoms with E-state index in [9.17, 15) is 19.2 Å². The molecule has 0 bridgehead atoms. The molecule has 0 aliphatic heterocycles. The van der Waals surface area contributed by atoms with E-state index in [2.05, 4.69) is 5.32 Å². The smallest absolute Gasteiger partial charge is 0.412 e. The Bertz CT molecular complexity index is 1940. The van der Waals surface area contributed by atoms with Crippen LogP contribution in [0.15, 0.2) is 97.1 Å². The molecule has 4 aromatic carbocycles. The summed E-state index contributed by atoms with van der Waals surface area (Å²) in [5, 5.41) is 2.72. The largest absolute Gasteiger partial charge is 0.489 e. The number of esters is 2. The molecule has 0 aliphatic rings. The number of hydrogen-bond donors (Lipinski definition) is 2. The van der Waals surface area contributed by atoms with Gasteiger partial charge < -0.3 is 29.4 Å². The van der Waals surface area contributed by atoms with Crippen LogP contribution in [0, 0.1) is 0 Å². The first-order chi connectivity index (χ1) is 25.6. The Kier molecular flexibility index (Phi) is 14.0. The van der Waals surface area contributed by atoms with Crippen molar-refractivity contribution in [3.63, 3.8) is 0 Å². The summed E-state index contributed by atoms with van der Waals surface area (Å²) >= 11 is 0. The van der Waals surface area contributed by atoms with Crippen molar-refractivity contribution < 1.29 is 42.9 Å². The first kappa shape index (κ1) is 40.7. The maximum atomic E-state index is 13.3. The molecular weight excluding hydrogens is 688 g/mol. The fourth-order valence-corrected chi connectivity index (χ4v) is 5.19. The van der Waals surface area contributed by atoms with Gasteiger partial charge in [0.05, 0.1) is 17.7 Å². The van der Waals surface area contributed by atoms with Gasteiger partial charge in [-0.05, 0) is 107 Å². The highest BCUT2D eigenvalue weighted by molar-refractivity contribution is 6.01. The van der Waals surface area contributed by atoms with Gasteiger partial charge in [-0.2, -0.15) is 0 Å². The standard InChI is InChI=1S/C43H48N2O9/c1-42(2,3)53-36(46)24-20-31-19-23-35(51-27-29-14-9-7-10-15-29)38(37(31)39(44)47)50-25-13-18-32-26-33(45-41(49)54-43(4,5)6)21-22-34(32)40(48)52-28-30-16-11-8-12-17-30/h7-12,14-17,19-24,26H,13,18,25,27-28H2,1-6H3,(H2,44,47)(H,45,49)/b24-20+. The second-order valence-electron chi connectivity index (χ2n) is 14.4. The van der Waals surface area contributed by atoms with Crippen molar-refractivity contribution in [2.75, 3.05) is 11.9 Å². The maximum Gasteiger partial charge on any atom is 0.412 e. The Labute approximate surface area is 316 Å². The minimum Gasteiger partial charge on any atom is -0.489 e. The molecule has 0 saturated heterocycles. The van der Waals surface area contributed by atoms with E-state index in [-0.39, 0.29) is 36.9 Å². The first-order valence-electron chi connectivity index (χ1n) is 17.6. The van der Waals surface area contributed by atoms with Gasteiger partial charge in [0.1, 0.15) is 24.4 Å². The zero-order chi connectivity index (χ0) is 39.3. The normalized spacial score (nSPS) is 11.4. The Morgan fingerprint density at radius 1 is 0.741 bits per heavy atom. The number of nitrogens with one attached hydrogen (secondary N) is 1. The van der Waals surface area contributed by atoms with Crippen molar-refractivity contribution in [2.24, 2.45) is 5.73 Å². The van der Waals surface area contributed by atoms with Crippen LogP contribution in [0.25, 0.3) is 6.08 Å². The lowest BCUT2D eigenvalue weighted by atomic mass is 10.0. The number of carbonyl (C=O) groups is 4. The SMILES string of the molecule is CC(C)(C)OC(=O)/C=C/c1ccc(OCc2ccccc2)c(OCCCc2cc(NC(=O)OC(C)(C)C)ccc2C(=O)OCc2ccccc2)c1C(N)=O. The molecule has 0 fully saturated rings. The molecule has 4 aromatic rings. The molecule has 2 amide bonds. The third kappa shape index (κ3) is 13.1. The third-order valence-electron chi connectivity index (χ3n) is 7.46. The van der Waals surface area contributed by atoms with E-state index >= 15 is 0 Å². The Hall–Kier alpha value is -6.10. The number of hydrogen-bond acceptors (Lipinski definition) is 9. The Morgan fingerprint density at radius 3 is 1.98 bits per heavy atom. The lowest BCUT2D eigenvalue weighted by molar-refractivity contribution is -0.148. The molecule has 0 heterocycles. The fourth-order valence-electron chi connectivity index (χ4n) is 5.19. The highest BCUT2D eigenvalue weighted by Crippen LogP contribution is 2.35. The number of amides is 2. The van der Waals surface area contributed by atoms with Crippen molar-refractivity contribution in [3.8, 4) is 11.5 Å². The van der Waals surface area contributed by atoms with Gasteiger partial charge >= 0.3 is 18.0 Å². The highest BCUT2D eigenvalue weighted by atomic mass is 16.6. The van der Waals surface area contributed by atoms with Gasteiger partial charge in [-0.15, -0.1) is 0 Å². The van der Waals surface area contributed by atoms with Gasteiger partial charge in [0.15, 0.2) is 11.5 Å². The monoisotopic (exact) mass is 736 g/mol. The van der Waals surface area contributed by atoms with Crippen LogP contribution in [0.2, 0.25) is 0 Å². The Balaban J connectivity index is 1.59. The lowest BCUT2D eigenvalue weighted by Gasteiger charge is -2.20. The maximum absolute atomic E-state index is 13.3.